The minimum Gasteiger partial charge on any atom is -0.449 e. The predicted molar refractivity (Wildman–Crippen MR) is 99.1 cm³/mol. The molecule has 0 atom stereocenters. The summed E-state index contributed by atoms with van der Waals surface area (Å²) in [7, 11) is 0. The maximum Gasteiger partial charge on any atom is 0.409 e. The van der Waals surface area contributed by atoms with Gasteiger partial charge in [-0.2, -0.15) is 0 Å². The molecular weight excluding hydrogens is 338 g/mol. The SMILES string of the molecule is Cc1nc(CC(C)C)sc1C(=O)N1CCN(C(=O)OCC(C)C)CC1. The van der Waals surface area contributed by atoms with Crippen LogP contribution in [-0.2, 0) is 11.2 Å². The Morgan fingerprint density at radius 2 is 1.68 bits per heavy atom. The fourth-order valence-electron chi connectivity index (χ4n) is 2.65. The number of thiazole rings is 1. The van der Waals surface area contributed by atoms with Crippen molar-refractivity contribution in [1.82, 2.24) is 14.8 Å². The van der Waals surface area contributed by atoms with Crippen molar-refractivity contribution >= 4 is 23.3 Å². The van der Waals surface area contributed by atoms with Crippen LogP contribution >= 0.6 is 11.3 Å². The summed E-state index contributed by atoms with van der Waals surface area (Å²) in [4.78, 5) is 33.5. The number of nitrogens with zero attached hydrogens (tertiary/aromatic N) is 3. The molecule has 0 N–H and O–H groups in total. The van der Waals surface area contributed by atoms with Crippen molar-refractivity contribution < 1.29 is 14.3 Å². The zero-order valence-corrected chi connectivity index (χ0v) is 16.7. The molecule has 1 fully saturated rings. The van der Waals surface area contributed by atoms with Gasteiger partial charge >= 0.3 is 6.09 Å². The summed E-state index contributed by atoms with van der Waals surface area (Å²) in [5, 5.41) is 1.02. The van der Waals surface area contributed by atoms with Gasteiger partial charge in [0.15, 0.2) is 0 Å². The number of aromatic nitrogens is 1. The molecule has 1 saturated heterocycles. The summed E-state index contributed by atoms with van der Waals surface area (Å²) < 4.78 is 5.26. The summed E-state index contributed by atoms with van der Waals surface area (Å²) in [5.41, 5.74) is 0.810. The van der Waals surface area contributed by atoms with Crippen LogP contribution in [0.1, 0.15) is 48.1 Å². The van der Waals surface area contributed by atoms with Crippen LogP contribution < -0.4 is 0 Å². The number of aryl methyl sites for hydroxylation is 1. The lowest BCUT2D eigenvalue weighted by molar-refractivity contribution is 0.0538. The van der Waals surface area contributed by atoms with E-state index in [1.807, 2.05) is 25.7 Å². The first-order valence-corrected chi connectivity index (χ1v) is 9.76. The molecule has 0 aromatic carbocycles. The Balaban J connectivity index is 1.91. The molecule has 6 nitrogen and oxygen atoms in total. The van der Waals surface area contributed by atoms with E-state index in [4.69, 9.17) is 4.74 Å². The Bertz CT molecular complexity index is 605. The normalized spacial score (nSPS) is 15.2. The fourth-order valence-corrected chi connectivity index (χ4v) is 3.90. The highest BCUT2D eigenvalue weighted by Crippen LogP contribution is 2.23. The molecule has 1 aromatic heterocycles. The summed E-state index contributed by atoms with van der Waals surface area (Å²) in [5.74, 6) is 0.871. The van der Waals surface area contributed by atoms with E-state index in [9.17, 15) is 9.59 Å². The van der Waals surface area contributed by atoms with Crippen molar-refractivity contribution in [1.29, 1.82) is 0 Å². The molecule has 0 saturated carbocycles. The van der Waals surface area contributed by atoms with E-state index >= 15 is 0 Å². The lowest BCUT2D eigenvalue weighted by Gasteiger charge is -2.34. The fraction of sp³-hybridized carbons (Fsp3) is 0.722. The van der Waals surface area contributed by atoms with Gasteiger partial charge in [0.2, 0.25) is 0 Å². The van der Waals surface area contributed by atoms with Gasteiger partial charge in [-0.15, -0.1) is 11.3 Å². The summed E-state index contributed by atoms with van der Waals surface area (Å²) in [6.07, 6.45) is 0.614. The Kier molecular flexibility index (Phi) is 6.81. The zero-order chi connectivity index (χ0) is 18.6. The van der Waals surface area contributed by atoms with Crippen LogP contribution in [0, 0.1) is 18.8 Å². The second-order valence-corrected chi connectivity index (χ2v) is 8.45. The van der Waals surface area contributed by atoms with Gasteiger partial charge in [-0.1, -0.05) is 27.7 Å². The maximum absolute atomic E-state index is 12.8. The van der Waals surface area contributed by atoms with Crippen molar-refractivity contribution in [2.75, 3.05) is 32.8 Å². The van der Waals surface area contributed by atoms with Crippen molar-refractivity contribution in [3.05, 3.63) is 15.6 Å². The lowest BCUT2D eigenvalue weighted by Crippen LogP contribution is -2.50. The van der Waals surface area contributed by atoms with Crippen LogP contribution in [0.25, 0.3) is 0 Å². The quantitative estimate of drug-likeness (QED) is 0.802. The molecule has 0 radical (unpaired) electrons. The second-order valence-electron chi connectivity index (χ2n) is 7.37. The van der Waals surface area contributed by atoms with Gasteiger partial charge in [-0.25, -0.2) is 9.78 Å². The molecule has 7 heteroatoms. The molecule has 2 rings (SSSR count). The van der Waals surface area contributed by atoms with Crippen molar-refractivity contribution in [2.45, 2.75) is 41.0 Å². The molecule has 0 unspecified atom stereocenters. The molecule has 2 heterocycles. The number of amides is 2. The Morgan fingerprint density at radius 3 is 2.24 bits per heavy atom. The zero-order valence-electron chi connectivity index (χ0n) is 15.9. The predicted octanol–water partition coefficient (Wildman–Crippen LogP) is 3.20. The average molecular weight is 368 g/mol. The molecule has 2 amide bonds. The van der Waals surface area contributed by atoms with Crippen molar-refractivity contribution in [3.63, 3.8) is 0 Å². The third-order valence-electron chi connectivity index (χ3n) is 3.98. The number of carbonyl (C=O) groups is 2. The number of piperazine rings is 1. The van der Waals surface area contributed by atoms with Gasteiger partial charge in [0, 0.05) is 32.6 Å². The molecule has 0 aliphatic carbocycles. The third kappa shape index (κ3) is 5.42. The van der Waals surface area contributed by atoms with Crippen molar-refractivity contribution in [2.24, 2.45) is 11.8 Å². The molecule has 1 aromatic rings. The summed E-state index contributed by atoms with van der Waals surface area (Å²) in [6.45, 7) is 12.7. The van der Waals surface area contributed by atoms with Gasteiger partial charge in [-0.05, 0) is 18.8 Å². The molecule has 1 aliphatic heterocycles. The highest BCUT2D eigenvalue weighted by atomic mass is 32.1. The molecule has 0 bridgehead atoms. The van der Waals surface area contributed by atoms with Crippen LogP contribution in [0.4, 0.5) is 4.79 Å². The number of hydrogen-bond donors (Lipinski definition) is 0. The molecule has 140 valence electrons. The minimum atomic E-state index is -0.283. The first kappa shape index (κ1) is 19.7. The van der Waals surface area contributed by atoms with E-state index in [1.165, 1.54) is 11.3 Å². The lowest BCUT2D eigenvalue weighted by atomic mass is 10.1. The first-order valence-electron chi connectivity index (χ1n) is 8.95. The monoisotopic (exact) mass is 367 g/mol. The van der Waals surface area contributed by atoms with Gasteiger partial charge in [-0.3, -0.25) is 4.79 Å². The number of hydrogen-bond acceptors (Lipinski definition) is 5. The number of ether oxygens (including phenoxy) is 1. The molecule has 1 aliphatic rings. The van der Waals surface area contributed by atoms with Gasteiger partial charge in [0.25, 0.3) is 5.91 Å². The van der Waals surface area contributed by atoms with Crippen LogP contribution in [0.3, 0.4) is 0 Å². The summed E-state index contributed by atoms with van der Waals surface area (Å²) >= 11 is 1.50. The van der Waals surface area contributed by atoms with Crippen LogP contribution in [0.15, 0.2) is 0 Å². The van der Waals surface area contributed by atoms with E-state index in [-0.39, 0.29) is 12.0 Å². The Labute approximate surface area is 154 Å². The van der Waals surface area contributed by atoms with Crippen LogP contribution in [-0.4, -0.2) is 59.6 Å². The van der Waals surface area contributed by atoms with E-state index in [2.05, 4.69) is 18.8 Å². The van der Waals surface area contributed by atoms with Crippen LogP contribution in [0.5, 0.6) is 0 Å². The van der Waals surface area contributed by atoms with E-state index in [1.54, 1.807) is 4.90 Å². The molecule has 25 heavy (non-hydrogen) atoms. The highest BCUT2D eigenvalue weighted by molar-refractivity contribution is 7.13. The number of carbonyl (C=O) groups excluding carboxylic acids is 2. The minimum absolute atomic E-state index is 0.0280. The Morgan fingerprint density at radius 1 is 1.08 bits per heavy atom. The van der Waals surface area contributed by atoms with Crippen molar-refractivity contribution in [3.8, 4) is 0 Å². The molecular formula is C18H29N3O3S. The average Bonchev–Trinajstić information content (AvgIpc) is 2.91. The topological polar surface area (TPSA) is 62.7 Å². The number of rotatable bonds is 5. The summed E-state index contributed by atoms with van der Waals surface area (Å²) in [6, 6.07) is 0. The Hall–Kier alpha value is -1.63. The van der Waals surface area contributed by atoms with Gasteiger partial charge in [0.1, 0.15) is 4.88 Å². The van der Waals surface area contributed by atoms with E-state index in [0.29, 0.717) is 44.6 Å². The second kappa shape index (κ2) is 8.65. The smallest absolute Gasteiger partial charge is 0.409 e. The first-order chi connectivity index (χ1) is 11.8. The highest BCUT2D eigenvalue weighted by Gasteiger charge is 2.28. The van der Waals surface area contributed by atoms with Gasteiger partial charge < -0.3 is 14.5 Å². The standard InChI is InChI=1S/C18H29N3O3S/c1-12(2)10-15-19-14(5)16(25-15)17(22)20-6-8-21(9-7-20)18(23)24-11-13(3)4/h12-13H,6-11H2,1-5H3. The van der Waals surface area contributed by atoms with E-state index < -0.39 is 0 Å². The van der Waals surface area contributed by atoms with Gasteiger partial charge in [0.05, 0.1) is 17.3 Å². The maximum atomic E-state index is 12.8. The largest absolute Gasteiger partial charge is 0.449 e. The van der Waals surface area contributed by atoms with E-state index in [0.717, 1.165) is 22.0 Å². The third-order valence-corrected chi connectivity index (χ3v) is 5.15. The molecule has 0 spiro atoms. The van der Waals surface area contributed by atoms with Crippen LogP contribution in [0.2, 0.25) is 0 Å².